The highest BCUT2D eigenvalue weighted by molar-refractivity contribution is 7.89. The summed E-state index contributed by atoms with van der Waals surface area (Å²) in [6, 6.07) is 13.4. The first-order chi connectivity index (χ1) is 12.0. The summed E-state index contributed by atoms with van der Waals surface area (Å²) in [7, 11) is -0.827. The van der Waals surface area contributed by atoms with Crippen LogP contribution in [0.15, 0.2) is 53.4 Å². The number of rotatable bonds is 8. The zero-order valence-corrected chi connectivity index (χ0v) is 15.0. The topological polar surface area (TPSA) is 81.7 Å². The Balaban J connectivity index is 1.97. The molecule has 0 heterocycles. The number of ether oxygens (including phenoxy) is 2. The van der Waals surface area contributed by atoms with Gasteiger partial charge in [0.05, 0.1) is 24.7 Å². The van der Waals surface area contributed by atoms with Crippen LogP contribution in [-0.4, -0.2) is 35.2 Å². The van der Waals surface area contributed by atoms with Crippen LogP contribution in [0.4, 0.5) is 0 Å². The molecule has 0 aliphatic heterocycles. The number of sulfonamides is 1. The molecule has 0 bridgehead atoms. The van der Waals surface area contributed by atoms with Crippen molar-refractivity contribution in [2.75, 3.05) is 20.8 Å². The monoisotopic (exact) mass is 363 g/mol. The molecule has 0 unspecified atom stereocenters. The molecule has 0 spiro atoms. The van der Waals surface area contributed by atoms with Crippen LogP contribution in [0.2, 0.25) is 0 Å². The second-order valence-corrected chi connectivity index (χ2v) is 7.10. The van der Waals surface area contributed by atoms with E-state index in [1.54, 1.807) is 7.11 Å². The van der Waals surface area contributed by atoms with Gasteiger partial charge in [0.2, 0.25) is 10.0 Å². The van der Waals surface area contributed by atoms with Crippen LogP contribution in [-0.2, 0) is 21.2 Å². The molecule has 2 aromatic rings. The molecule has 2 rings (SSSR count). The lowest BCUT2D eigenvalue weighted by atomic mass is 10.1. The summed E-state index contributed by atoms with van der Waals surface area (Å²) < 4.78 is 37.1. The molecule has 0 saturated carbocycles. The van der Waals surface area contributed by atoms with E-state index in [1.165, 1.54) is 31.4 Å². The fourth-order valence-electron chi connectivity index (χ4n) is 2.39. The van der Waals surface area contributed by atoms with Crippen LogP contribution < -0.4 is 9.46 Å². The number of aryl methyl sites for hydroxylation is 1. The SMILES string of the molecule is COC(=O)c1cccc(S(=O)(=O)NCCCc2ccccc2OC)c1. The molecule has 0 aliphatic carbocycles. The fraction of sp³-hybridized carbons (Fsp3) is 0.278. The minimum atomic E-state index is -3.68. The van der Waals surface area contributed by atoms with Gasteiger partial charge < -0.3 is 9.47 Å². The van der Waals surface area contributed by atoms with Gasteiger partial charge in [0.25, 0.3) is 0 Å². The summed E-state index contributed by atoms with van der Waals surface area (Å²) >= 11 is 0. The molecule has 0 amide bonds. The molecular formula is C18H21NO5S. The molecule has 134 valence electrons. The summed E-state index contributed by atoms with van der Waals surface area (Å²) in [4.78, 5) is 11.6. The van der Waals surface area contributed by atoms with E-state index in [0.717, 1.165) is 11.3 Å². The lowest BCUT2D eigenvalue weighted by molar-refractivity contribution is 0.0600. The third-order valence-corrected chi connectivity index (χ3v) is 5.13. The first kappa shape index (κ1) is 19.0. The smallest absolute Gasteiger partial charge is 0.337 e. The zero-order chi connectivity index (χ0) is 18.3. The van der Waals surface area contributed by atoms with E-state index < -0.39 is 16.0 Å². The lowest BCUT2D eigenvalue weighted by Gasteiger charge is -2.10. The summed E-state index contributed by atoms with van der Waals surface area (Å²) in [6.45, 7) is 0.281. The van der Waals surface area contributed by atoms with E-state index in [9.17, 15) is 13.2 Å². The van der Waals surface area contributed by atoms with Gasteiger partial charge in [-0.2, -0.15) is 0 Å². The maximum Gasteiger partial charge on any atom is 0.337 e. The Bertz CT molecular complexity index is 833. The number of hydrogen-bond acceptors (Lipinski definition) is 5. The third kappa shape index (κ3) is 5.04. The standard InChI is InChI=1S/C18H21NO5S/c1-23-17-11-4-3-7-14(17)9-6-12-19-25(21,22)16-10-5-8-15(13-16)18(20)24-2/h3-5,7-8,10-11,13,19H,6,9,12H2,1-2H3. The van der Waals surface area contributed by atoms with Gasteiger partial charge in [0, 0.05) is 6.54 Å². The predicted molar refractivity (Wildman–Crippen MR) is 94.3 cm³/mol. The molecule has 0 saturated heterocycles. The van der Waals surface area contributed by atoms with Crippen LogP contribution in [0.3, 0.4) is 0 Å². The molecule has 0 radical (unpaired) electrons. The first-order valence-corrected chi connectivity index (χ1v) is 9.26. The third-order valence-electron chi connectivity index (χ3n) is 3.67. The minimum Gasteiger partial charge on any atom is -0.496 e. The Hall–Kier alpha value is -2.38. The van der Waals surface area contributed by atoms with Crippen molar-refractivity contribution in [2.24, 2.45) is 0 Å². The highest BCUT2D eigenvalue weighted by Gasteiger charge is 2.16. The fourth-order valence-corrected chi connectivity index (χ4v) is 3.51. The van der Waals surface area contributed by atoms with Gasteiger partial charge >= 0.3 is 5.97 Å². The molecule has 0 aromatic heterocycles. The average molecular weight is 363 g/mol. The highest BCUT2D eigenvalue weighted by Crippen LogP contribution is 2.19. The minimum absolute atomic E-state index is 0.0349. The van der Waals surface area contributed by atoms with Crippen LogP contribution in [0, 0.1) is 0 Å². The average Bonchev–Trinajstić information content (AvgIpc) is 2.65. The summed E-state index contributed by atoms with van der Waals surface area (Å²) in [6.07, 6.45) is 1.31. The van der Waals surface area contributed by atoms with Crippen molar-refractivity contribution in [1.82, 2.24) is 4.72 Å². The largest absolute Gasteiger partial charge is 0.496 e. The molecule has 0 atom stereocenters. The Kier molecular flexibility index (Phi) is 6.55. The number of hydrogen-bond donors (Lipinski definition) is 1. The normalized spacial score (nSPS) is 11.1. The van der Waals surface area contributed by atoms with Crippen molar-refractivity contribution in [2.45, 2.75) is 17.7 Å². The Labute approximate surface area is 147 Å². The van der Waals surface area contributed by atoms with Gasteiger partial charge in [-0.1, -0.05) is 24.3 Å². The summed E-state index contributed by atoms with van der Waals surface area (Å²) in [5, 5.41) is 0. The second-order valence-electron chi connectivity index (χ2n) is 5.33. The molecule has 1 N–H and O–H groups in total. The lowest BCUT2D eigenvalue weighted by Crippen LogP contribution is -2.25. The van der Waals surface area contributed by atoms with Gasteiger partial charge in [0.15, 0.2) is 0 Å². The van der Waals surface area contributed by atoms with Crippen molar-refractivity contribution >= 4 is 16.0 Å². The van der Waals surface area contributed by atoms with Crippen LogP contribution in [0.1, 0.15) is 22.3 Å². The van der Waals surface area contributed by atoms with Crippen LogP contribution in [0.5, 0.6) is 5.75 Å². The zero-order valence-electron chi connectivity index (χ0n) is 14.2. The number of benzene rings is 2. The highest BCUT2D eigenvalue weighted by atomic mass is 32.2. The van der Waals surface area contributed by atoms with Crippen molar-refractivity contribution < 1.29 is 22.7 Å². The maximum atomic E-state index is 12.3. The first-order valence-electron chi connectivity index (χ1n) is 7.78. The van der Waals surface area contributed by atoms with Crippen molar-refractivity contribution in [1.29, 1.82) is 0 Å². The second kappa shape index (κ2) is 8.64. The van der Waals surface area contributed by atoms with E-state index in [-0.39, 0.29) is 17.0 Å². The Morgan fingerprint density at radius 3 is 2.56 bits per heavy atom. The quantitative estimate of drug-likeness (QED) is 0.575. The van der Waals surface area contributed by atoms with Gasteiger partial charge in [-0.25, -0.2) is 17.9 Å². The van der Waals surface area contributed by atoms with Crippen molar-refractivity contribution in [3.8, 4) is 5.75 Å². The number of para-hydroxylation sites is 1. The van der Waals surface area contributed by atoms with E-state index >= 15 is 0 Å². The summed E-state index contributed by atoms with van der Waals surface area (Å²) in [5.41, 5.74) is 1.22. The number of esters is 1. The van der Waals surface area contributed by atoms with Crippen LogP contribution in [0.25, 0.3) is 0 Å². The van der Waals surface area contributed by atoms with Crippen molar-refractivity contribution in [3.05, 3.63) is 59.7 Å². The van der Waals surface area contributed by atoms with Gasteiger partial charge in [0.1, 0.15) is 5.75 Å². The van der Waals surface area contributed by atoms with E-state index in [2.05, 4.69) is 9.46 Å². The predicted octanol–water partition coefficient (Wildman–Crippen LogP) is 2.39. The van der Waals surface area contributed by atoms with Gasteiger partial charge in [-0.3, -0.25) is 0 Å². The van der Waals surface area contributed by atoms with Gasteiger partial charge in [-0.15, -0.1) is 0 Å². The summed E-state index contributed by atoms with van der Waals surface area (Å²) in [5.74, 6) is 0.212. The number of methoxy groups -OCH3 is 2. The van der Waals surface area contributed by atoms with E-state index in [0.29, 0.717) is 12.8 Å². The Morgan fingerprint density at radius 1 is 1.08 bits per heavy atom. The molecule has 2 aromatic carbocycles. The molecule has 7 heteroatoms. The van der Waals surface area contributed by atoms with E-state index in [4.69, 9.17) is 4.74 Å². The molecule has 0 fully saturated rings. The van der Waals surface area contributed by atoms with E-state index in [1.807, 2.05) is 24.3 Å². The molecule has 0 aliphatic rings. The number of carbonyl (C=O) groups excluding carboxylic acids is 1. The molecule has 6 nitrogen and oxygen atoms in total. The number of nitrogens with one attached hydrogen (secondary N) is 1. The molecule has 25 heavy (non-hydrogen) atoms. The van der Waals surface area contributed by atoms with Crippen molar-refractivity contribution in [3.63, 3.8) is 0 Å². The Morgan fingerprint density at radius 2 is 1.84 bits per heavy atom. The molecular weight excluding hydrogens is 342 g/mol. The van der Waals surface area contributed by atoms with Gasteiger partial charge in [-0.05, 0) is 42.7 Å². The van der Waals surface area contributed by atoms with Crippen LogP contribution >= 0.6 is 0 Å². The maximum absolute atomic E-state index is 12.3. The number of carbonyl (C=O) groups is 1.